The lowest BCUT2D eigenvalue weighted by atomic mass is 10.0. The van der Waals surface area contributed by atoms with Crippen LogP contribution in [0, 0.1) is 34.6 Å². The molecule has 2 aromatic carbocycles. The van der Waals surface area contributed by atoms with Gasteiger partial charge in [0.1, 0.15) is 34.6 Å². The lowest BCUT2D eigenvalue weighted by molar-refractivity contribution is 0.364. The van der Waals surface area contributed by atoms with E-state index >= 15 is 0 Å². The maximum absolute atomic E-state index is 14.1. The Balaban J connectivity index is 1.85. The third-order valence-electron chi connectivity index (χ3n) is 4.75. The summed E-state index contributed by atoms with van der Waals surface area (Å²) in [6.45, 7) is 3.86. The van der Waals surface area contributed by atoms with Crippen molar-refractivity contribution in [3.63, 3.8) is 0 Å². The van der Waals surface area contributed by atoms with Gasteiger partial charge in [-0.25, -0.2) is 18.7 Å². The number of nitrogens with zero attached hydrogens (tertiary/aromatic N) is 3. The van der Waals surface area contributed by atoms with Gasteiger partial charge in [0, 0.05) is 0 Å². The van der Waals surface area contributed by atoms with Gasteiger partial charge in [-0.3, -0.25) is 0 Å². The number of aromatic nitrogens is 2. The van der Waals surface area contributed by atoms with Crippen molar-refractivity contribution in [1.82, 2.24) is 9.97 Å². The van der Waals surface area contributed by atoms with Crippen molar-refractivity contribution in [2.45, 2.75) is 32.7 Å². The molecule has 1 N–H and O–H groups in total. The maximum Gasteiger partial charge on any atom is 0.205 e. The first-order valence-electron chi connectivity index (χ1n) is 9.62. The highest BCUT2D eigenvalue weighted by atomic mass is 35.5. The molecule has 1 unspecified atom stereocenters. The Bertz CT molecular complexity index is 1150. The molecule has 0 saturated heterocycles. The minimum absolute atomic E-state index is 0.0572. The molecule has 0 fully saturated rings. The van der Waals surface area contributed by atoms with Crippen molar-refractivity contribution in [3.8, 4) is 17.6 Å². The summed E-state index contributed by atoms with van der Waals surface area (Å²) in [7, 11) is 0. The van der Waals surface area contributed by atoms with Gasteiger partial charge in [-0.1, -0.05) is 37.6 Å². The van der Waals surface area contributed by atoms with Crippen LogP contribution in [0.4, 0.5) is 23.4 Å². The highest BCUT2D eigenvalue weighted by molar-refractivity contribution is 6.33. The second-order valence-corrected chi connectivity index (χ2v) is 7.06. The van der Waals surface area contributed by atoms with Crippen molar-refractivity contribution in [3.05, 3.63) is 75.7 Å². The van der Waals surface area contributed by atoms with E-state index in [9.17, 15) is 17.6 Å². The largest absolute Gasteiger partial charge is 0.451 e. The standard InChI is InChI=1S/C22H17ClF4N4O/c1-3-14(31-22-16(23)15(4-2)29-10-30-22)11-5-7-12(8-6-11)32-21-19(26)17(24)13(9-28)18(25)20(21)27/h5-8,10,14H,3-4H2,1-2H3,(H,29,30,31). The highest BCUT2D eigenvalue weighted by Gasteiger charge is 2.27. The fourth-order valence-corrected chi connectivity index (χ4v) is 3.31. The third-order valence-corrected chi connectivity index (χ3v) is 5.15. The van der Waals surface area contributed by atoms with E-state index in [1.807, 2.05) is 13.8 Å². The molecule has 0 aliphatic rings. The predicted octanol–water partition coefficient (Wildman–Crippen LogP) is 6.48. The molecule has 166 valence electrons. The Morgan fingerprint density at radius 2 is 1.66 bits per heavy atom. The quantitative estimate of drug-likeness (QED) is 0.320. The Morgan fingerprint density at radius 3 is 2.19 bits per heavy atom. The molecule has 0 aliphatic heterocycles. The lowest BCUT2D eigenvalue weighted by Crippen LogP contribution is -2.12. The van der Waals surface area contributed by atoms with Gasteiger partial charge in [0.15, 0.2) is 11.6 Å². The number of halogens is 5. The van der Waals surface area contributed by atoms with Crippen molar-refractivity contribution in [1.29, 1.82) is 5.26 Å². The van der Waals surface area contributed by atoms with E-state index in [0.717, 1.165) is 11.6 Å². The molecule has 32 heavy (non-hydrogen) atoms. The molecule has 5 nitrogen and oxygen atoms in total. The zero-order valence-corrected chi connectivity index (χ0v) is 17.8. The van der Waals surface area contributed by atoms with Gasteiger partial charge < -0.3 is 10.1 Å². The predicted molar refractivity (Wildman–Crippen MR) is 111 cm³/mol. The van der Waals surface area contributed by atoms with Crippen LogP contribution in [0.3, 0.4) is 0 Å². The minimum Gasteiger partial charge on any atom is -0.451 e. The molecule has 0 aliphatic carbocycles. The normalized spacial score (nSPS) is 11.7. The monoisotopic (exact) mass is 464 g/mol. The summed E-state index contributed by atoms with van der Waals surface area (Å²) < 4.78 is 60.8. The number of anilines is 1. The van der Waals surface area contributed by atoms with Crippen LogP contribution in [0.15, 0.2) is 30.6 Å². The SMILES string of the molecule is CCc1ncnc(NC(CC)c2ccc(Oc3c(F)c(F)c(C#N)c(F)c3F)cc2)c1Cl. The number of benzene rings is 2. The summed E-state index contributed by atoms with van der Waals surface area (Å²) in [6.07, 6.45) is 2.70. The average molecular weight is 465 g/mol. The molecule has 0 bridgehead atoms. The average Bonchev–Trinajstić information content (AvgIpc) is 2.81. The molecule has 0 amide bonds. The molecular formula is C22H17ClF4N4O. The Morgan fingerprint density at radius 1 is 1.03 bits per heavy atom. The smallest absolute Gasteiger partial charge is 0.205 e. The summed E-state index contributed by atoms with van der Waals surface area (Å²) in [5, 5.41) is 12.3. The van der Waals surface area contributed by atoms with Gasteiger partial charge >= 0.3 is 0 Å². The van der Waals surface area contributed by atoms with E-state index < -0.39 is 34.6 Å². The molecular weight excluding hydrogens is 448 g/mol. The van der Waals surface area contributed by atoms with Crippen LogP contribution in [0.1, 0.15) is 43.1 Å². The summed E-state index contributed by atoms with van der Waals surface area (Å²) >= 11 is 6.33. The van der Waals surface area contributed by atoms with Crippen LogP contribution in [0.5, 0.6) is 11.5 Å². The number of nitrogens with one attached hydrogen (secondary N) is 1. The topological polar surface area (TPSA) is 70.8 Å². The molecule has 0 saturated carbocycles. The maximum atomic E-state index is 14.1. The van der Waals surface area contributed by atoms with Gasteiger partial charge in [0.05, 0.1) is 11.7 Å². The number of aryl methyl sites for hydroxylation is 1. The second-order valence-electron chi connectivity index (χ2n) is 6.68. The molecule has 3 aromatic rings. The van der Waals surface area contributed by atoms with Gasteiger partial charge in [0.2, 0.25) is 17.4 Å². The number of hydrogen-bond donors (Lipinski definition) is 1. The third kappa shape index (κ3) is 4.46. The van der Waals surface area contributed by atoms with Crippen molar-refractivity contribution in [2.24, 2.45) is 0 Å². The number of hydrogen-bond acceptors (Lipinski definition) is 5. The van der Waals surface area contributed by atoms with Crippen LogP contribution in [0.2, 0.25) is 5.02 Å². The van der Waals surface area contributed by atoms with E-state index in [1.54, 1.807) is 12.1 Å². The van der Waals surface area contributed by atoms with E-state index in [4.69, 9.17) is 21.6 Å². The van der Waals surface area contributed by atoms with Crippen LogP contribution in [-0.2, 0) is 6.42 Å². The van der Waals surface area contributed by atoms with Crippen molar-refractivity contribution in [2.75, 3.05) is 5.32 Å². The van der Waals surface area contributed by atoms with Crippen molar-refractivity contribution >= 4 is 17.4 Å². The van der Waals surface area contributed by atoms with Gasteiger partial charge in [-0.15, -0.1) is 0 Å². The minimum atomic E-state index is -1.82. The van der Waals surface area contributed by atoms with E-state index in [0.29, 0.717) is 29.4 Å². The zero-order valence-electron chi connectivity index (χ0n) is 17.0. The first kappa shape index (κ1) is 23.3. The number of ether oxygens (including phenoxy) is 1. The first-order chi connectivity index (χ1) is 15.3. The number of nitriles is 1. The molecule has 1 heterocycles. The van der Waals surface area contributed by atoms with Crippen LogP contribution >= 0.6 is 11.6 Å². The van der Waals surface area contributed by atoms with E-state index in [2.05, 4.69) is 15.3 Å². The summed E-state index contributed by atoms with van der Waals surface area (Å²) in [4.78, 5) is 8.29. The summed E-state index contributed by atoms with van der Waals surface area (Å²) in [5.74, 6) is -8.07. The molecule has 1 atom stereocenters. The van der Waals surface area contributed by atoms with E-state index in [1.165, 1.54) is 18.5 Å². The Labute approximate surface area is 186 Å². The van der Waals surface area contributed by atoms with Gasteiger partial charge in [0.25, 0.3) is 0 Å². The summed E-state index contributed by atoms with van der Waals surface area (Å²) in [5.41, 5.74) is 0.133. The number of rotatable bonds is 7. The summed E-state index contributed by atoms with van der Waals surface area (Å²) in [6, 6.07) is 6.91. The van der Waals surface area contributed by atoms with Crippen LogP contribution in [-0.4, -0.2) is 9.97 Å². The van der Waals surface area contributed by atoms with Gasteiger partial charge in [-0.05, 0) is 30.5 Å². The van der Waals surface area contributed by atoms with Gasteiger partial charge in [-0.2, -0.15) is 14.0 Å². The first-order valence-corrected chi connectivity index (χ1v) is 9.99. The van der Waals surface area contributed by atoms with Crippen molar-refractivity contribution < 1.29 is 22.3 Å². The molecule has 3 rings (SSSR count). The molecule has 0 radical (unpaired) electrons. The van der Waals surface area contributed by atoms with Crippen LogP contribution in [0.25, 0.3) is 0 Å². The highest BCUT2D eigenvalue weighted by Crippen LogP contribution is 2.34. The molecule has 10 heteroatoms. The Hall–Kier alpha value is -3.38. The second kappa shape index (κ2) is 9.83. The van der Waals surface area contributed by atoms with E-state index in [-0.39, 0.29) is 11.8 Å². The molecule has 0 spiro atoms. The zero-order chi connectivity index (χ0) is 23.4. The fraction of sp³-hybridized carbons (Fsp3) is 0.227. The van der Waals surface area contributed by atoms with Crippen LogP contribution < -0.4 is 10.1 Å². The lowest BCUT2D eigenvalue weighted by Gasteiger charge is -2.20. The fourth-order valence-electron chi connectivity index (χ4n) is 3.02. The molecule has 1 aromatic heterocycles. The Kier molecular flexibility index (Phi) is 7.15.